The Kier molecular flexibility index (Phi) is 25.1. The Morgan fingerprint density at radius 2 is 1.06 bits per heavy atom. The highest BCUT2D eigenvalue weighted by Gasteiger charge is 2.43. The van der Waals surface area contributed by atoms with Gasteiger partial charge in [0.25, 0.3) is 0 Å². The standard InChI is InChI=1S/C12H27NO5S.C8H16O6S/c13-1-2-14-3-4-15-5-6-16-7-8-17-9-10-18-11-12-19;9-3-4-5(10)6(11)7(12)8(14-4)13-1-2-15/h19H,1-13H2;4-12,15H,1-3H2. The van der Waals surface area contributed by atoms with E-state index < -0.39 is 37.3 Å². The molecule has 0 bridgehead atoms. The van der Waals surface area contributed by atoms with E-state index in [1.165, 1.54) is 0 Å². The van der Waals surface area contributed by atoms with Gasteiger partial charge in [0, 0.05) is 18.1 Å². The predicted octanol–water partition coefficient (Wildman–Crippen LogP) is -2.31. The van der Waals surface area contributed by atoms with Crippen molar-refractivity contribution < 1.29 is 53.6 Å². The molecular weight excluding hydrogens is 494 g/mol. The van der Waals surface area contributed by atoms with Crippen molar-refractivity contribution in [2.45, 2.75) is 30.7 Å². The molecule has 1 aliphatic rings. The normalized spacial score (nSPS) is 24.6. The van der Waals surface area contributed by atoms with Crippen LogP contribution in [0.3, 0.4) is 0 Å². The summed E-state index contributed by atoms with van der Waals surface area (Å²) in [7, 11) is 0. The van der Waals surface area contributed by atoms with Crippen LogP contribution >= 0.6 is 25.3 Å². The maximum absolute atomic E-state index is 9.48. The van der Waals surface area contributed by atoms with E-state index in [2.05, 4.69) is 25.3 Å². The maximum atomic E-state index is 9.48. The lowest BCUT2D eigenvalue weighted by Crippen LogP contribution is -2.59. The highest BCUT2D eigenvalue weighted by Crippen LogP contribution is 2.21. The second-order valence-electron chi connectivity index (χ2n) is 6.87. The Labute approximate surface area is 212 Å². The Morgan fingerprint density at radius 1 is 0.618 bits per heavy atom. The fourth-order valence-corrected chi connectivity index (χ4v) is 2.74. The van der Waals surface area contributed by atoms with Gasteiger partial charge in [0.15, 0.2) is 6.29 Å². The van der Waals surface area contributed by atoms with E-state index >= 15 is 0 Å². The van der Waals surface area contributed by atoms with Gasteiger partial charge >= 0.3 is 0 Å². The molecule has 1 aliphatic heterocycles. The molecular formula is C20H43NO11S2. The van der Waals surface area contributed by atoms with Crippen LogP contribution in [-0.4, -0.2) is 148 Å². The number of ether oxygens (including phenoxy) is 7. The van der Waals surface area contributed by atoms with Gasteiger partial charge in [-0.15, -0.1) is 0 Å². The minimum absolute atomic E-state index is 0.242. The van der Waals surface area contributed by atoms with Gasteiger partial charge in [-0.25, -0.2) is 0 Å². The topological polar surface area (TPSA) is 172 Å². The van der Waals surface area contributed by atoms with Crippen LogP contribution in [0.25, 0.3) is 0 Å². The molecule has 1 rings (SSSR count). The highest BCUT2D eigenvalue weighted by molar-refractivity contribution is 7.80. The van der Waals surface area contributed by atoms with E-state index in [1.54, 1.807) is 0 Å². The molecule has 0 aromatic carbocycles. The molecule has 6 N–H and O–H groups in total. The Morgan fingerprint density at radius 3 is 1.47 bits per heavy atom. The van der Waals surface area contributed by atoms with Crippen LogP contribution in [0.15, 0.2) is 0 Å². The molecule has 1 heterocycles. The van der Waals surface area contributed by atoms with E-state index in [4.69, 9.17) is 44.0 Å². The van der Waals surface area contributed by atoms with Gasteiger partial charge in [0.1, 0.15) is 24.4 Å². The Bertz CT molecular complexity index is 414. The third-order valence-corrected chi connectivity index (χ3v) is 4.57. The molecule has 0 aliphatic carbocycles. The highest BCUT2D eigenvalue weighted by atomic mass is 32.1. The Balaban J connectivity index is 0.000000657. The summed E-state index contributed by atoms with van der Waals surface area (Å²) in [6, 6.07) is 0. The van der Waals surface area contributed by atoms with Crippen LogP contribution < -0.4 is 5.73 Å². The molecule has 5 unspecified atom stereocenters. The maximum Gasteiger partial charge on any atom is 0.186 e. The van der Waals surface area contributed by atoms with Crippen LogP contribution in [0, 0.1) is 0 Å². The van der Waals surface area contributed by atoms with Gasteiger partial charge < -0.3 is 59.3 Å². The van der Waals surface area contributed by atoms with Crippen LogP contribution in [0.4, 0.5) is 0 Å². The zero-order chi connectivity index (χ0) is 25.4. The quantitative estimate of drug-likeness (QED) is 0.0655. The average Bonchev–Trinajstić information content (AvgIpc) is 2.85. The number of nitrogens with two attached hydrogens (primary N) is 1. The number of hydrogen-bond acceptors (Lipinski definition) is 14. The summed E-state index contributed by atoms with van der Waals surface area (Å²) in [5.74, 6) is 1.18. The largest absolute Gasteiger partial charge is 0.394 e. The van der Waals surface area contributed by atoms with Crippen molar-refractivity contribution in [1.29, 1.82) is 0 Å². The van der Waals surface area contributed by atoms with Crippen molar-refractivity contribution >= 4 is 25.3 Å². The molecule has 0 aromatic heterocycles. The van der Waals surface area contributed by atoms with Crippen LogP contribution in [-0.2, 0) is 33.2 Å². The van der Waals surface area contributed by atoms with Gasteiger partial charge in [-0.1, -0.05) is 0 Å². The van der Waals surface area contributed by atoms with Gasteiger partial charge in [0.2, 0.25) is 0 Å². The molecule has 0 amide bonds. The number of hydrogen-bond donors (Lipinski definition) is 7. The molecule has 206 valence electrons. The third-order valence-electron chi connectivity index (χ3n) is 4.21. The molecule has 34 heavy (non-hydrogen) atoms. The molecule has 14 heteroatoms. The lowest BCUT2D eigenvalue weighted by Gasteiger charge is -2.39. The van der Waals surface area contributed by atoms with E-state index in [9.17, 15) is 15.3 Å². The van der Waals surface area contributed by atoms with Crippen molar-refractivity contribution in [3.8, 4) is 0 Å². The second kappa shape index (κ2) is 24.9. The van der Waals surface area contributed by atoms with Crippen molar-refractivity contribution in [3.05, 3.63) is 0 Å². The summed E-state index contributed by atoms with van der Waals surface area (Å²) in [6.07, 6.45) is -6.04. The molecule has 0 aromatic rings. The minimum Gasteiger partial charge on any atom is -0.394 e. The predicted molar refractivity (Wildman–Crippen MR) is 131 cm³/mol. The fourth-order valence-electron chi connectivity index (χ4n) is 2.50. The summed E-state index contributed by atoms with van der Waals surface area (Å²) in [4.78, 5) is 0. The molecule has 5 atom stereocenters. The van der Waals surface area contributed by atoms with Crippen LogP contribution in [0.1, 0.15) is 0 Å². The van der Waals surface area contributed by atoms with E-state index in [-0.39, 0.29) is 6.61 Å². The van der Waals surface area contributed by atoms with Crippen molar-refractivity contribution in [3.63, 3.8) is 0 Å². The SMILES string of the molecule is NCCOCCOCCOCCOCCOCCS.OCC1OC(OCCS)C(O)C(O)C1O. The van der Waals surface area contributed by atoms with Gasteiger partial charge in [-0.3, -0.25) is 0 Å². The number of thiol groups is 2. The van der Waals surface area contributed by atoms with E-state index in [1.807, 2.05) is 0 Å². The first-order valence-corrected chi connectivity index (χ1v) is 12.5. The van der Waals surface area contributed by atoms with Crippen molar-refractivity contribution in [1.82, 2.24) is 0 Å². The summed E-state index contributed by atoms with van der Waals surface area (Å²) in [6.45, 7) is 6.19. The number of aliphatic hydroxyl groups is 4. The summed E-state index contributed by atoms with van der Waals surface area (Å²) < 4.78 is 36.4. The van der Waals surface area contributed by atoms with Gasteiger partial charge in [-0.05, 0) is 0 Å². The van der Waals surface area contributed by atoms with E-state index in [0.29, 0.717) is 78.4 Å². The Hall–Kier alpha value is 0.220. The number of aliphatic hydroxyl groups excluding tert-OH is 4. The lowest BCUT2D eigenvalue weighted by atomic mass is 9.99. The van der Waals surface area contributed by atoms with Crippen LogP contribution in [0.2, 0.25) is 0 Å². The summed E-state index contributed by atoms with van der Waals surface area (Å²) >= 11 is 7.94. The summed E-state index contributed by atoms with van der Waals surface area (Å²) in [5, 5.41) is 37.2. The van der Waals surface area contributed by atoms with Gasteiger partial charge in [0.05, 0.1) is 79.3 Å². The zero-order valence-electron chi connectivity index (χ0n) is 19.6. The molecule has 1 saturated heterocycles. The second-order valence-corrected chi connectivity index (χ2v) is 7.76. The molecule has 12 nitrogen and oxygen atoms in total. The first-order chi connectivity index (χ1) is 16.5. The van der Waals surface area contributed by atoms with E-state index in [0.717, 1.165) is 5.75 Å². The lowest BCUT2D eigenvalue weighted by molar-refractivity contribution is -0.299. The average molecular weight is 538 g/mol. The van der Waals surface area contributed by atoms with Crippen LogP contribution in [0.5, 0.6) is 0 Å². The smallest absolute Gasteiger partial charge is 0.186 e. The third kappa shape index (κ3) is 17.6. The minimum atomic E-state index is -1.39. The van der Waals surface area contributed by atoms with Gasteiger partial charge in [-0.2, -0.15) is 25.3 Å². The first-order valence-electron chi connectivity index (χ1n) is 11.3. The first kappa shape index (κ1) is 34.2. The molecule has 0 spiro atoms. The van der Waals surface area contributed by atoms with Crippen molar-refractivity contribution in [2.75, 3.05) is 97.3 Å². The fraction of sp³-hybridized carbons (Fsp3) is 1.00. The molecule has 0 saturated carbocycles. The molecule has 0 radical (unpaired) electrons. The molecule has 1 fully saturated rings. The monoisotopic (exact) mass is 537 g/mol. The summed E-state index contributed by atoms with van der Waals surface area (Å²) in [5.41, 5.74) is 5.27. The van der Waals surface area contributed by atoms with Crippen molar-refractivity contribution in [2.24, 2.45) is 5.73 Å². The number of rotatable bonds is 20. The zero-order valence-corrected chi connectivity index (χ0v) is 21.4.